The Hall–Kier alpha value is -0.540. The van der Waals surface area contributed by atoms with Crippen LogP contribution in [0.3, 0.4) is 0 Å². The van der Waals surface area contributed by atoms with Gasteiger partial charge in [-0.3, -0.25) is 4.98 Å². The Labute approximate surface area is 87.9 Å². The molecule has 0 aliphatic carbocycles. The summed E-state index contributed by atoms with van der Waals surface area (Å²) in [6.45, 7) is 4.41. The van der Waals surface area contributed by atoms with Gasteiger partial charge in [-0.15, -0.1) is 0 Å². The van der Waals surface area contributed by atoms with E-state index in [9.17, 15) is 4.55 Å². The first-order valence-corrected chi connectivity index (χ1v) is 6.35. The van der Waals surface area contributed by atoms with Crippen LogP contribution >= 0.6 is 0 Å². The fraction of sp³-hybridized carbons (Fsp3) is 0.545. The average Bonchev–Trinajstić information content (AvgIpc) is 2.18. The number of nitrogens with zero attached hydrogens (tertiary/aromatic N) is 1. The van der Waals surface area contributed by atoms with Crippen molar-refractivity contribution in [3.8, 4) is 0 Å². The lowest BCUT2D eigenvalue weighted by atomic mass is 9.89. The van der Waals surface area contributed by atoms with Gasteiger partial charge in [0, 0.05) is 18.5 Å². The van der Waals surface area contributed by atoms with Gasteiger partial charge in [0.2, 0.25) is 0 Å². The summed E-state index contributed by atoms with van der Waals surface area (Å²) in [5.74, 6) is 1.87. The molecule has 1 aliphatic heterocycles. The highest BCUT2D eigenvalue weighted by atomic mass is 32.2. The highest BCUT2D eigenvalue weighted by Gasteiger charge is 2.31. The van der Waals surface area contributed by atoms with Gasteiger partial charge in [0.05, 0.1) is 5.69 Å². The van der Waals surface area contributed by atoms with E-state index in [2.05, 4.69) is 18.8 Å². The summed E-state index contributed by atoms with van der Waals surface area (Å²) in [5.41, 5.74) is 1.06. The molecule has 1 aliphatic rings. The third kappa shape index (κ3) is 1.66. The van der Waals surface area contributed by atoms with Gasteiger partial charge in [0.15, 0.2) is 4.90 Å². The summed E-state index contributed by atoms with van der Waals surface area (Å²) in [6, 6.07) is 3.83. The van der Waals surface area contributed by atoms with Gasteiger partial charge in [-0.2, -0.15) is 0 Å². The lowest BCUT2D eigenvalue weighted by molar-refractivity contribution is 0.453. The zero-order valence-corrected chi connectivity index (χ0v) is 9.38. The van der Waals surface area contributed by atoms with E-state index in [0.29, 0.717) is 11.8 Å². The van der Waals surface area contributed by atoms with E-state index in [1.165, 1.54) is 0 Å². The van der Waals surface area contributed by atoms with Crippen LogP contribution in [-0.4, -0.2) is 15.3 Å². The van der Waals surface area contributed by atoms with Crippen LogP contribution < -0.4 is 0 Å². The molecule has 0 saturated heterocycles. The van der Waals surface area contributed by atoms with Crippen molar-refractivity contribution in [2.24, 2.45) is 5.92 Å². The van der Waals surface area contributed by atoms with Crippen molar-refractivity contribution in [1.29, 1.82) is 0 Å². The van der Waals surface area contributed by atoms with Crippen molar-refractivity contribution in [3.63, 3.8) is 0 Å². The molecule has 0 radical (unpaired) electrons. The number of hydrogen-bond acceptors (Lipinski definition) is 2. The molecule has 2 heterocycles. The molecule has 0 fully saturated rings. The summed E-state index contributed by atoms with van der Waals surface area (Å²) in [5, 5.41) is 0. The number of hydrogen-bond donors (Lipinski definition) is 0. The van der Waals surface area contributed by atoms with Gasteiger partial charge in [0.25, 0.3) is 0 Å². The number of fused-ring (bicyclic) bond motifs is 1. The van der Waals surface area contributed by atoms with Gasteiger partial charge in [-0.05, 0) is 29.2 Å². The van der Waals surface area contributed by atoms with E-state index in [0.717, 1.165) is 22.8 Å². The first-order chi connectivity index (χ1) is 6.70. The molecule has 14 heavy (non-hydrogen) atoms. The fourth-order valence-corrected chi connectivity index (χ4v) is 3.36. The fourth-order valence-electron chi connectivity index (χ4n) is 2.00. The molecule has 0 amide bonds. The Morgan fingerprint density at radius 3 is 3.07 bits per heavy atom. The van der Waals surface area contributed by atoms with E-state index in [1.807, 2.05) is 12.1 Å². The van der Waals surface area contributed by atoms with E-state index in [4.69, 9.17) is 0 Å². The molecule has 3 heteroatoms. The lowest BCUT2D eigenvalue weighted by Gasteiger charge is -2.27. The molecular formula is C11H15NOS. The van der Waals surface area contributed by atoms with E-state index < -0.39 is 11.2 Å². The van der Waals surface area contributed by atoms with E-state index >= 15 is 0 Å². The quantitative estimate of drug-likeness (QED) is 0.665. The molecule has 1 aromatic rings. The SMILES string of the molecule is CC(C)C1CC[S+]([O-])c2cccnc21. The first kappa shape index (κ1) is 9.99. The van der Waals surface area contributed by atoms with Crippen molar-refractivity contribution in [1.82, 2.24) is 4.98 Å². The standard InChI is InChI=1S/C11H15NOS/c1-8(2)9-5-7-14(13)10-4-3-6-12-11(9)10/h3-4,6,8-9H,5,7H2,1-2H3. The van der Waals surface area contributed by atoms with Gasteiger partial charge >= 0.3 is 0 Å². The van der Waals surface area contributed by atoms with Crippen LogP contribution in [0.2, 0.25) is 0 Å². The lowest BCUT2D eigenvalue weighted by Crippen LogP contribution is -2.24. The molecule has 76 valence electrons. The van der Waals surface area contributed by atoms with Crippen LogP contribution in [0.4, 0.5) is 0 Å². The normalized spacial score (nSPS) is 26.3. The predicted octanol–water partition coefficient (Wildman–Crippen LogP) is 2.33. The van der Waals surface area contributed by atoms with Crippen LogP contribution in [0.5, 0.6) is 0 Å². The largest absolute Gasteiger partial charge is 0.611 e. The van der Waals surface area contributed by atoms with Crippen LogP contribution in [0.25, 0.3) is 0 Å². The molecule has 0 saturated carbocycles. The molecule has 2 atom stereocenters. The van der Waals surface area contributed by atoms with Crippen LogP contribution in [0.15, 0.2) is 23.2 Å². The van der Waals surface area contributed by atoms with Crippen molar-refractivity contribution < 1.29 is 4.55 Å². The van der Waals surface area contributed by atoms with E-state index in [-0.39, 0.29) is 0 Å². The average molecular weight is 209 g/mol. The maximum absolute atomic E-state index is 11.7. The van der Waals surface area contributed by atoms with Crippen LogP contribution in [-0.2, 0) is 11.2 Å². The van der Waals surface area contributed by atoms with Crippen molar-refractivity contribution in [2.45, 2.75) is 31.1 Å². The minimum Gasteiger partial charge on any atom is -0.611 e. The van der Waals surface area contributed by atoms with Crippen molar-refractivity contribution >= 4 is 11.2 Å². The minimum absolute atomic E-state index is 0.490. The molecule has 1 aromatic heterocycles. The molecule has 2 rings (SSSR count). The maximum Gasteiger partial charge on any atom is 0.174 e. The second-order valence-electron chi connectivity index (χ2n) is 4.08. The number of pyridine rings is 1. The molecular weight excluding hydrogens is 194 g/mol. The Morgan fingerprint density at radius 1 is 1.57 bits per heavy atom. The summed E-state index contributed by atoms with van der Waals surface area (Å²) in [7, 11) is 0. The zero-order chi connectivity index (χ0) is 10.1. The van der Waals surface area contributed by atoms with Crippen LogP contribution in [0.1, 0.15) is 31.9 Å². The first-order valence-electron chi connectivity index (χ1n) is 5.03. The van der Waals surface area contributed by atoms with Gasteiger partial charge in [0.1, 0.15) is 5.75 Å². The topological polar surface area (TPSA) is 36.0 Å². The Balaban J connectivity index is 2.41. The Morgan fingerprint density at radius 2 is 2.36 bits per heavy atom. The third-order valence-electron chi connectivity index (χ3n) is 2.82. The van der Waals surface area contributed by atoms with Crippen LogP contribution in [0, 0.1) is 5.92 Å². The van der Waals surface area contributed by atoms with Gasteiger partial charge in [-0.1, -0.05) is 13.8 Å². The molecule has 0 N–H and O–H groups in total. The van der Waals surface area contributed by atoms with E-state index in [1.54, 1.807) is 6.20 Å². The smallest absolute Gasteiger partial charge is 0.174 e. The van der Waals surface area contributed by atoms with Crippen molar-refractivity contribution in [2.75, 3.05) is 5.75 Å². The predicted molar refractivity (Wildman–Crippen MR) is 57.7 cm³/mol. The Bertz CT molecular complexity index is 327. The second kappa shape index (κ2) is 3.91. The number of aromatic nitrogens is 1. The van der Waals surface area contributed by atoms with Gasteiger partial charge < -0.3 is 4.55 Å². The summed E-state index contributed by atoms with van der Waals surface area (Å²) >= 11 is -0.815. The summed E-state index contributed by atoms with van der Waals surface area (Å²) < 4.78 is 11.7. The number of rotatable bonds is 1. The van der Waals surface area contributed by atoms with Gasteiger partial charge in [-0.25, -0.2) is 0 Å². The second-order valence-corrected chi connectivity index (χ2v) is 5.61. The summed E-state index contributed by atoms with van der Waals surface area (Å²) in [6.07, 6.45) is 2.81. The third-order valence-corrected chi connectivity index (χ3v) is 4.26. The van der Waals surface area contributed by atoms with Crippen molar-refractivity contribution in [3.05, 3.63) is 24.0 Å². The summed E-state index contributed by atoms with van der Waals surface area (Å²) in [4.78, 5) is 5.34. The Kier molecular flexibility index (Phi) is 2.79. The highest BCUT2D eigenvalue weighted by molar-refractivity contribution is 7.91. The highest BCUT2D eigenvalue weighted by Crippen LogP contribution is 2.36. The maximum atomic E-state index is 11.7. The zero-order valence-electron chi connectivity index (χ0n) is 8.56. The molecule has 2 nitrogen and oxygen atoms in total. The monoisotopic (exact) mass is 209 g/mol. The molecule has 2 unspecified atom stereocenters. The molecule has 0 bridgehead atoms. The minimum atomic E-state index is -0.815. The molecule has 0 spiro atoms. The molecule has 0 aromatic carbocycles.